The van der Waals surface area contributed by atoms with Gasteiger partial charge in [-0.3, -0.25) is 4.55 Å². The van der Waals surface area contributed by atoms with Crippen molar-refractivity contribution in [1.29, 1.82) is 0 Å². The molecule has 2 aliphatic rings. The number of carbonyl (C=O) groups is 3. The molecule has 28 heteroatoms. The SMILES string of the molecule is O=C(OCC1(COC(=O)C(F)(F)C(F)(F)C(F)(F)F)COC2(CCCCC2OC(=O)C(F)(F)S(=O)(=O)O)OC1)C(F)(F)C(F)(F)C(F)(F)F. The Morgan fingerprint density at radius 1 is 0.673 bits per heavy atom. The zero-order chi connectivity index (χ0) is 38.5. The first-order valence-corrected chi connectivity index (χ1v) is 13.9. The van der Waals surface area contributed by atoms with Crippen LogP contribution in [0.3, 0.4) is 0 Å². The predicted molar refractivity (Wildman–Crippen MR) is 116 cm³/mol. The van der Waals surface area contributed by atoms with Crippen LogP contribution in [0.5, 0.6) is 0 Å². The summed E-state index contributed by atoms with van der Waals surface area (Å²) >= 11 is 0. The summed E-state index contributed by atoms with van der Waals surface area (Å²) in [6, 6.07) is 0. The normalized spacial score (nSPS) is 21.2. The first kappa shape index (κ1) is 42.3. The third kappa shape index (κ3) is 7.74. The number of ether oxygens (including phenoxy) is 5. The average Bonchev–Trinajstić information content (AvgIpc) is 2.95. The van der Waals surface area contributed by atoms with Crippen LogP contribution in [0.4, 0.5) is 70.2 Å². The fraction of sp³-hybridized carbons (Fsp3) is 0.857. The van der Waals surface area contributed by atoms with Crippen molar-refractivity contribution >= 4 is 28.0 Å². The van der Waals surface area contributed by atoms with Gasteiger partial charge in [0.1, 0.15) is 13.2 Å². The molecule has 1 N–H and O–H groups in total. The molecule has 1 saturated carbocycles. The Morgan fingerprint density at radius 2 is 1.06 bits per heavy atom. The molecule has 1 aliphatic carbocycles. The maximum Gasteiger partial charge on any atom is 0.465 e. The molecule has 1 spiro atoms. The smallest absolute Gasteiger partial charge is 0.460 e. The molecule has 2 fully saturated rings. The van der Waals surface area contributed by atoms with Gasteiger partial charge in [-0.2, -0.15) is 78.7 Å². The molecule has 1 saturated heterocycles. The Morgan fingerprint density at radius 3 is 1.41 bits per heavy atom. The Hall–Kier alpha value is -2.88. The average molecular weight is 782 g/mol. The van der Waals surface area contributed by atoms with Crippen LogP contribution >= 0.6 is 0 Å². The van der Waals surface area contributed by atoms with Crippen LogP contribution in [0.2, 0.25) is 0 Å². The largest absolute Gasteiger partial charge is 0.465 e. The maximum atomic E-state index is 13.8. The third-order valence-electron chi connectivity index (χ3n) is 6.82. The molecule has 1 aliphatic heterocycles. The first-order valence-electron chi connectivity index (χ1n) is 12.5. The van der Waals surface area contributed by atoms with Crippen molar-refractivity contribution in [3.05, 3.63) is 0 Å². The highest BCUT2D eigenvalue weighted by Crippen LogP contribution is 2.49. The molecule has 49 heavy (non-hydrogen) atoms. The van der Waals surface area contributed by atoms with Crippen LogP contribution in [0.1, 0.15) is 25.7 Å². The second kappa shape index (κ2) is 13.0. The van der Waals surface area contributed by atoms with Gasteiger partial charge in [-0.25, -0.2) is 14.4 Å². The Kier molecular flexibility index (Phi) is 11.2. The molecule has 0 aromatic carbocycles. The molecule has 0 aromatic heterocycles. The van der Waals surface area contributed by atoms with Crippen LogP contribution in [-0.4, -0.2) is 110 Å². The van der Waals surface area contributed by atoms with Crippen molar-refractivity contribution in [2.75, 3.05) is 26.4 Å². The summed E-state index contributed by atoms with van der Waals surface area (Å²) in [6.45, 7) is -7.35. The van der Waals surface area contributed by atoms with Gasteiger partial charge in [0, 0.05) is 6.42 Å². The van der Waals surface area contributed by atoms with Crippen LogP contribution < -0.4 is 0 Å². The first-order chi connectivity index (χ1) is 21.7. The van der Waals surface area contributed by atoms with Crippen molar-refractivity contribution < 1.29 is 121 Å². The highest BCUT2D eigenvalue weighted by molar-refractivity contribution is 7.87. The predicted octanol–water partition coefficient (Wildman–Crippen LogP) is 4.43. The lowest BCUT2D eigenvalue weighted by Crippen LogP contribution is -2.62. The van der Waals surface area contributed by atoms with E-state index in [1.54, 1.807) is 0 Å². The van der Waals surface area contributed by atoms with Crippen LogP contribution in [-0.2, 0) is 48.2 Å². The van der Waals surface area contributed by atoms with Gasteiger partial charge in [-0.05, 0) is 19.3 Å². The van der Waals surface area contributed by atoms with E-state index in [2.05, 4.69) is 14.2 Å². The standard InChI is InChI=1S/C21H18F16O11S/c22-15(23,18(28,29)20(32,33)34)10(38)44-5-13(6-45-11(39)16(24,25)19(30,31)21(35,36)37)7-46-14(47-8-13)4-2-1-3-9(14)48-12(40)17(26,27)49(41,42)43/h9H,1-8H2,(H,41,42,43). The summed E-state index contributed by atoms with van der Waals surface area (Å²) in [5.74, 6) is -40.8. The van der Waals surface area contributed by atoms with Gasteiger partial charge in [0.15, 0.2) is 6.10 Å². The number of hydrogen-bond donors (Lipinski definition) is 1. The van der Waals surface area contributed by atoms with Gasteiger partial charge in [0.25, 0.3) is 0 Å². The second-order valence-electron chi connectivity index (χ2n) is 10.5. The van der Waals surface area contributed by atoms with Gasteiger partial charge < -0.3 is 23.7 Å². The van der Waals surface area contributed by atoms with Crippen molar-refractivity contribution in [3.63, 3.8) is 0 Å². The summed E-state index contributed by atoms with van der Waals surface area (Å²) < 4.78 is 263. The number of carbonyl (C=O) groups excluding carboxylic acids is 3. The lowest BCUT2D eigenvalue weighted by Gasteiger charge is -2.49. The van der Waals surface area contributed by atoms with Crippen molar-refractivity contribution in [2.45, 2.75) is 78.9 Å². The Labute approximate surface area is 260 Å². The monoisotopic (exact) mass is 782 g/mol. The lowest BCUT2D eigenvalue weighted by atomic mass is 9.86. The van der Waals surface area contributed by atoms with E-state index in [1.165, 1.54) is 0 Å². The maximum absolute atomic E-state index is 13.8. The van der Waals surface area contributed by atoms with E-state index >= 15 is 0 Å². The Balaban J connectivity index is 2.43. The molecule has 1 unspecified atom stereocenters. The fourth-order valence-electron chi connectivity index (χ4n) is 3.94. The number of halogens is 16. The molecule has 0 bridgehead atoms. The second-order valence-corrected chi connectivity index (χ2v) is 11.9. The summed E-state index contributed by atoms with van der Waals surface area (Å²) in [7, 11) is -6.46. The summed E-state index contributed by atoms with van der Waals surface area (Å²) in [6.07, 6.45) is -17.6. The number of rotatable bonds is 11. The van der Waals surface area contributed by atoms with Gasteiger partial charge in [0.05, 0.1) is 18.6 Å². The summed E-state index contributed by atoms with van der Waals surface area (Å²) in [4.78, 5) is 35.1. The van der Waals surface area contributed by atoms with E-state index in [9.17, 15) is 93.0 Å². The van der Waals surface area contributed by atoms with E-state index in [4.69, 9.17) is 14.0 Å². The topological polar surface area (TPSA) is 152 Å². The van der Waals surface area contributed by atoms with E-state index in [-0.39, 0.29) is 12.8 Å². The molecule has 286 valence electrons. The molecule has 1 heterocycles. The number of alkyl halides is 16. The molecule has 0 aromatic rings. The van der Waals surface area contributed by atoms with Crippen molar-refractivity contribution in [2.24, 2.45) is 5.41 Å². The molecule has 11 nitrogen and oxygen atoms in total. The van der Waals surface area contributed by atoms with Crippen LogP contribution in [0.25, 0.3) is 0 Å². The summed E-state index contributed by atoms with van der Waals surface area (Å²) in [5, 5.41) is -5.63. The minimum Gasteiger partial charge on any atom is -0.460 e. The molecule has 2 rings (SSSR count). The quantitative estimate of drug-likeness (QED) is 0.137. The minimum atomic E-state index is -7.14. The molecule has 0 amide bonds. The number of esters is 3. The zero-order valence-electron chi connectivity index (χ0n) is 23.2. The van der Waals surface area contributed by atoms with Gasteiger partial charge >= 0.3 is 69.3 Å². The highest BCUT2D eigenvalue weighted by Gasteiger charge is 2.78. The number of hydrogen-bond acceptors (Lipinski definition) is 10. The van der Waals surface area contributed by atoms with Crippen LogP contribution in [0.15, 0.2) is 0 Å². The van der Waals surface area contributed by atoms with Gasteiger partial charge in [0.2, 0.25) is 5.79 Å². The minimum absolute atomic E-state index is 0.0603. The summed E-state index contributed by atoms with van der Waals surface area (Å²) in [5.41, 5.74) is -2.96. The van der Waals surface area contributed by atoms with Gasteiger partial charge in [-0.15, -0.1) is 0 Å². The Bertz CT molecular complexity index is 1310. The molecule has 0 radical (unpaired) electrons. The molecular weight excluding hydrogens is 764 g/mol. The molecule has 1 atom stereocenters. The molecular formula is C21H18F16O11S. The van der Waals surface area contributed by atoms with E-state index in [0.29, 0.717) is 0 Å². The third-order valence-corrected chi connectivity index (χ3v) is 7.64. The zero-order valence-corrected chi connectivity index (χ0v) is 24.0. The van der Waals surface area contributed by atoms with E-state index < -0.39 is 126 Å². The van der Waals surface area contributed by atoms with E-state index in [0.717, 1.165) is 0 Å². The lowest BCUT2D eigenvalue weighted by molar-refractivity contribution is -0.361. The fourth-order valence-corrected chi connectivity index (χ4v) is 4.20. The van der Waals surface area contributed by atoms with Crippen LogP contribution in [0, 0.1) is 5.41 Å². The highest BCUT2D eigenvalue weighted by atomic mass is 32.2. The van der Waals surface area contributed by atoms with Crippen molar-refractivity contribution in [3.8, 4) is 0 Å². The van der Waals surface area contributed by atoms with Gasteiger partial charge in [-0.1, -0.05) is 0 Å². The van der Waals surface area contributed by atoms with Crippen molar-refractivity contribution in [1.82, 2.24) is 0 Å². The van der Waals surface area contributed by atoms with E-state index in [1.807, 2.05) is 0 Å².